The Morgan fingerprint density at radius 2 is 1.80 bits per heavy atom. The molecule has 3 aliphatic rings. The van der Waals surface area contributed by atoms with Crippen LogP contribution in [0.5, 0.6) is 0 Å². The molecule has 1 fully saturated rings. The van der Waals surface area contributed by atoms with Gasteiger partial charge in [-0.2, -0.15) is 0 Å². The smallest absolute Gasteiger partial charge is 0.280 e. The number of nitrogens with one attached hydrogen (secondary N) is 1. The van der Waals surface area contributed by atoms with E-state index < -0.39 is 12.1 Å². The van der Waals surface area contributed by atoms with E-state index in [-0.39, 0.29) is 29.5 Å². The first-order valence-corrected chi connectivity index (χ1v) is 12.7. The minimum atomic E-state index is -0.545. The Bertz CT molecular complexity index is 1170. The van der Waals surface area contributed by atoms with Gasteiger partial charge in [0.05, 0.1) is 28.9 Å². The molecule has 0 radical (unpaired) electrons. The lowest BCUT2D eigenvalue weighted by molar-refractivity contribution is -0.134. The van der Waals surface area contributed by atoms with Crippen molar-refractivity contribution in [2.45, 2.75) is 44.3 Å². The molecule has 1 aromatic carbocycles. The molecule has 1 aliphatic carbocycles. The van der Waals surface area contributed by atoms with Gasteiger partial charge in [-0.05, 0) is 38.4 Å². The molecule has 184 valence electrons. The summed E-state index contributed by atoms with van der Waals surface area (Å²) in [6, 6.07) is 5.71. The van der Waals surface area contributed by atoms with Gasteiger partial charge < -0.3 is 15.1 Å². The molecule has 2 aliphatic heterocycles. The molecule has 1 saturated carbocycles. The highest BCUT2D eigenvalue weighted by atomic mass is 32.1. The van der Waals surface area contributed by atoms with Gasteiger partial charge in [-0.15, -0.1) is 11.3 Å². The van der Waals surface area contributed by atoms with Crippen molar-refractivity contribution >= 4 is 35.0 Å². The van der Waals surface area contributed by atoms with Crippen LogP contribution in [-0.2, 0) is 17.8 Å². The number of nitrogens with zero attached hydrogens (tertiary/aromatic N) is 4. The van der Waals surface area contributed by atoms with E-state index in [0.717, 1.165) is 30.1 Å². The number of rotatable bonds is 4. The molecular weight excluding hydrogens is 466 g/mol. The Morgan fingerprint density at radius 3 is 2.46 bits per heavy atom. The zero-order valence-electron chi connectivity index (χ0n) is 20.1. The van der Waals surface area contributed by atoms with Crippen molar-refractivity contribution in [2.24, 2.45) is 5.92 Å². The van der Waals surface area contributed by atoms with Gasteiger partial charge in [0.25, 0.3) is 17.7 Å². The number of aromatic nitrogens is 1. The van der Waals surface area contributed by atoms with Gasteiger partial charge in [0.1, 0.15) is 0 Å². The number of likely N-dealkylation sites (N-methyl/N-ethyl adjacent to an activating group) is 1. The van der Waals surface area contributed by atoms with Crippen LogP contribution in [0.4, 0.5) is 0 Å². The Balaban J connectivity index is 1.41. The van der Waals surface area contributed by atoms with Crippen molar-refractivity contribution in [1.82, 2.24) is 25.0 Å². The number of thiazole rings is 1. The fourth-order valence-electron chi connectivity index (χ4n) is 5.37. The summed E-state index contributed by atoms with van der Waals surface area (Å²) >= 11 is 1.38. The molecular formula is C25H29N5O4S. The molecule has 5 rings (SSSR count). The van der Waals surface area contributed by atoms with Gasteiger partial charge >= 0.3 is 0 Å². The second kappa shape index (κ2) is 9.16. The second-order valence-electron chi connectivity index (χ2n) is 9.79. The van der Waals surface area contributed by atoms with E-state index in [2.05, 4.69) is 15.2 Å². The highest BCUT2D eigenvalue weighted by molar-refractivity contribution is 7.13. The van der Waals surface area contributed by atoms with Crippen LogP contribution in [0.2, 0.25) is 0 Å². The van der Waals surface area contributed by atoms with E-state index in [1.165, 1.54) is 16.2 Å². The first kappa shape index (κ1) is 23.6. The Hall–Kier alpha value is -3.11. The van der Waals surface area contributed by atoms with Crippen LogP contribution in [0.15, 0.2) is 24.3 Å². The predicted octanol–water partition coefficient (Wildman–Crippen LogP) is 1.78. The van der Waals surface area contributed by atoms with Crippen molar-refractivity contribution in [3.05, 3.63) is 51.0 Å². The number of hydrogen-bond donors (Lipinski definition) is 1. The molecule has 10 heteroatoms. The summed E-state index contributed by atoms with van der Waals surface area (Å²) in [6.45, 7) is 1.66. The summed E-state index contributed by atoms with van der Waals surface area (Å²) in [5.41, 5.74) is 1.72. The summed E-state index contributed by atoms with van der Waals surface area (Å²) in [5.74, 6) is -1.32. The van der Waals surface area contributed by atoms with Crippen LogP contribution in [-0.4, -0.2) is 83.1 Å². The molecule has 0 bridgehead atoms. The molecule has 35 heavy (non-hydrogen) atoms. The van der Waals surface area contributed by atoms with E-state index >= 15 is 0 Å². The summed E-state index contributed by atoms with van der Waals surface area (Å²) in [5, 5.41) is 3.43. The number of amides is 4. The Kier molecular flexibility index (Phi) is 6.18. The summed E-state index contributed by atoms with van der Waals surface area (Å²) in [7, 11) is 5.46. The minimum Gasteiger partial charge on any atom is -0.349 e. The standard InChI is InChI=1S/C25H29N5O4S/c1-28(2)23(32)14-8-9-19(30-24(33)15-6-4-5-7-16(15)25(30)34)18(12-14)26-21(31)22-27-17-10-11-29(3)13-20(17)35-22/h4-7,14,18-19H,8-13H2,1-3H3,(H,26,31)/t14-,18+,19-/m0/s1. The third-order valence-corrected chi connectivity index (χ3v) is 8.27. The molecule has 3 heterocycles. The predicted molar refractivity (Wildman–Crippen MR) is 130 cm³/mol. The van der Waals surface area contributed by atoms with Crippen molar-refractivity contribution in [2.75, 3.05) is 27.7 Å². The Labute approximate surface area is 208 Å². The number of carbonyl (C=O) groups excluding carboxylic acids is 4. The van der Waals surface area contributed by atoms with Crippen molar-refractivity contribution in [3.63, 3.8) is 0 Å². The van der Waals surface area contributed by atoms with Gasteiger partial charge in [-0.3, -0.25) is 24.1 Å². The topological polar surface area (TPSA) is 103 Å². The monoisotopic (exact) mass is 495 g/mol. The van der Waals surface area contributed by atoms with E-state index in [0.29, 0.717) is 35.4 Å². The average molecular weight is 496 g/mol. The van der Waals surface area contributed by atoms with Crippen LogP contribution in [0.1, 0.15) is 60.4 Å². The molecule has 0 spiro atoms. The number of carbonyl (C=O) groups is 4. The largest absolute Gasteiger partial charge is 0.349 e. The van der Waals surface area contributed by atoms with E-state index in [9.17, 15) is 19.2 Å². The van der Waals surface area contributed by atoms with Crippen LogP contribution in [0.3, 0.4) is 0 Å². The SMILES string of the molecule is CN1CCc2nc(C(=O)N[C@@H]3C[C@@H](C(=O)N(C)C)CC[C@@H]3N3C(=O)c4ccccc4C3=O)sc2C1. The molecule has 4 amide bonds. The van der Waals surface area contributed by atoms with Gasteiger partial charge in [-0.1, -0.05) is 12.1 Å². The lowest BCUT2D eigenvalue weighted by atomic mass is 9.80. The van der Waals surface area contributed by atoms with Crippen LogP contribution in [0, 0.1) is 5.92 Å². The number of hydrogen-bond acceptors (Lipinski definition) is 7. The van der Waals surface area contributed by atoms with Crippen LogP contribution in [0.25, 0.3) is 0 Å². The average Bonchev–Trinajstić information content (AvgIpc) is 3.37. The van der Waals surface area contributed by atoms with Crippen molar-refractivity contribution in [3.8, 4) is 0 Å². The van der Waals surface area contributed by atoms with E-state index in [4.69, 9.17) is 0 Å². The molecule has 0 unspecified atom stereocenters. The second-order valence-corrected chi connectivity index (χ2v) is 10.9. The zero-order valence-corrected chi connectivity index (χ0v) is 20.9. The number of benzene rings is 1. The number of imide groups is 1. The molecule has 2 aromatic rings. The van der Waals surface area contributed by atoms with E-state index in [1.807, 2.05) is 7.05 Å². The molecule has 1 aromatic heterocycles. The lowest BCUT2D eigenvalue weighted by Gasteiger charge is -2.40. The maximum absolute atomic E-state index is 13.3. The third-order valence-electron chi connectivity index (χ3n) is 7.19. The van der Waals surface area contributed by atoms with Crippen LogP contribution < -0.4 is 5.32 Å². The molecule has 0 saturated heterocycles. The number of fused-ring (bicyclic) bond motifs is 2. The van der Waals surface area contributed by atoms with E-state index in [1.54, 1.807) is 43.3 Å². The molecule has 1 N–H and O–H groups in total. The highest BCUT2D eigenvalue weighted by Crippen LogP contribution is 2.34. The summed E-state index contributed by atoms with van der Waals surface area (Å²) in [4.78, 5) is 63.1. The van der Waals surface area contributed by atoms with Crippen molar-refractivity contribution < 1.29 is 19.2 Å². The van der Waals surface area contributed by atoms with Gasteiger partial charge in [0, 0.05) is 44.4 Å². The maximum atomic E-state index is 13.3. The van der Waals surface area contributed by atoms with Crippen molar-refractivity contribution in [1.29, 1.82) is 0 Å². The first-order chi connectivity index (χ1) is 16.7. The normalized spacial score (nSPS) is 24.2. The quantitative estimate of drug-likeness (QED) is 0.649. The fraction of sp³-hybridized carbons (Fsp3) is 0.480. The summed E-state index contributed by atoms with van der Waals surface area (Å²) < 4.78 is 0. The lowest BCUT2D eigenvalue weighted by Crippen LogP contribution is -2.57. The zero-order chi connectivity index (χ0) is 24.9. The highest BCUT2D eigenvalue weighted by Gasteiger charge is 2.46. The minimum absolute atomic E-state index is 0.0159. The van der Waals surface area contributed by atoms with Gasteiger partial charge in [-0.25, -0.2) is 4.98 Å². The first-order valence-electron chi connectivity index (χ1n) is 11.9. The van der Waals surface area contributed by atoms with Crippen LogP contribution >= 0.6 is 11.3 Å². The maximum Gasteiger partial charge on any atom is 0.280 e. The fourth-order valence-corrected chi connectivity index (χ4v) is 6.46. The molecule has 9 nitrogen and oxygen atoms in total. The third kappa shape index (κ3) is 4.25. The summed E-state index contributed by atoms with van der Waals surface area (Å²) in [6.07, 6.45) is 2.14. The molecule has 3 atom stereocenters. The van der Waals surface area contributed by atoms with Gasteiger partial charge in [0.15, 0.2) is 5.01 Å². The Morgan fingerprint density at radius 1 is 1.11 bits per heavy atom. The van der Waals surface area contributed by atoms with Gasteiger partial charge in [0.2, 0.25) is 5.91 Å².